The molecule has 1 aliphatic rings. The number of benzene rings is 1. The highest BCUT2D eigenvalue weighted by Gasteiger charge is 2.19. The van der Waals surface area contributed by atoms with Crippen LogP contribution in [0.1, 0.15) is 39.2 Å². The lowest BCUT2D eigenvalue weighted by Crippen LogP contribution is -2.30. The van der Waals surface area contributed by atoms with Gasteiger partial charge in [-0.3, -0.25) is 0 Å². The van der Waals surface area contributed by atoms with Crippen LogP contribution in [0.4, 0.5) is 5.69 Å². The predicted molar refractivity (Wildman–Crippen MR) is 79.4 cm³/mol. The molecule has 0 bridgehead atoms. The molecule has 2 nitrogen and oxygen atoms in total. The second-order valence-electron chi connectivity index (χ2n) is 6.45. The molecule has 0 amide bonds. The van der Waals surface area contributed by atoms with Crippen LogP contribution in [0.5, 0.6) is 0 Å². The summed E-state index contributed by atoms with van der Waals surface area (Å²) >= 11 is 0. The maximum absolute atomic E-state index is 3.55. The molecule has 0 aliphatic heterocycles. The maximum Gasteiger partial charge on any atom is 0.0364 e. The van der Waals surface area contributed by atoms with Crippen LogP contribution in [-0.4, -0.2) is 26.2 Å². The Morgan fingerprint density at radius 1 is 1.17 bits per heavy atom. The van der Waals surface area contributed by atoms with Crippen LogP contribution in [0.2, 0.25) is 0 Å². The van der Waals surface area contributed by atoms with Crippen LogP contribution in [-0.2, 0) is 5.41 Å². The van der Waals surface area contributed by atoms with E-state index in [0.29, 0.717) is 0 Å². The Morgan fingerprint density at radius 2 is 1.78 bits per heavy atom. The smallest absolute Gasteiger partial charge is 0.0364 e. The Morgan fingerprint density at radius 3 is 2.28 bits per heavy atom. The van der Waals surface area contributed by atoms with Gasteiger partial charge in [0.15, 0.2) is 0 Å². The van der Waals surface area contributed by atoms with Gasteiger partial charge in [-0.15, -0.1) is 0 Å². The largest absolute Gasteiger partial charge is 0.373 e. The fourth-order valence-corrected chi connectivity index (χ4v) is 2.07. The first-order valence-corrected chi connectivity index (χ1v) is 7.02. The minimum Gasteiger partial charge on any atom is -0.373 e. The van der Waals surface area contributed by atoms with Crippen molar-refractivity contribution in [3.05, 3.63) is 29.8 Å². The number of nitrogens with zero attached hydrogens (tertiary/aromatic N) is 1. The van der Waals surface area contributed by atoms with Gasteiger partial charge in [-0.2, -0.15) is 0 Å². The molecule has 0 aromatic heterocycles. The first kappa shape index (κ1) is 13.4. The summed E-state index contributed by atoms with van der Waals surface area (Å²) in [6.45, 7) is 8.93. The van der Waals surface area contributed by atoms with E-state index >= 15 is 0 Å². The Bertz CT molecular complexity index is 371. The van der Waals surface area contributed by atoms with Crippen molar-refractivity contribution in [1.82, 2.24) is 5.32 Å². The highest BCUT2D eigenvalue weighted by Crippen LogP contribution is 2.24. The van der Waals surface area contributed by atoms with E-state index in [0.717, 1.165) is 19.1 Å². The lowest BCUT2D eigenvalue weighted by Gasteiger charge is -2.23. The summed E-state index contributed by atoms with van der Waals surface area (Å²) in [6.07, 6.45) is 2.73. The highest BCUT2D eigenvalue weighted by molar-refractivity contribution is 5.47. The van der Waals surface area contributed by atoms with E-state index in [1.54, 1.807) is 0 Å². The zero-order valence-electron chi connectivity index (χ0n) is 12.2. The molecule has 1 aromatic rings. The second kappa shape index (κ2) is 5.31. The Balaban J connectivity index is 1.87. The van der Waals surface area contributed by atoms with Crippen molar-refractivity contribution in [3.63, 3.8) is 0 Å². The molecule has 0 heterocycles. The van der Waals surface area contributed by atoms with E-state index < -0.39 is 0 Å². The van der Waals surface area contributed by atoms with E-state index in [-0.39, 0.29) is 5.41 Å². The standard InChI is InChI=1S/C16H26N2/c1-16(2,3)13-5-9-15(10-6-13)18(4)12-11-17-14-7-8-14/h5-6,9-10,14,17H,7-8,11-12H2,1-4H3. The average Bonchev–Trinajstić information content (AvgIpc) is 3.12. The third-order valence-corrected chi connectivity index (χ3v) is 3.63. The molecule has 1 fully saturated rings. The van der Waals surface area contributed by atoms with Crippen LogP contribution in [0, 0.1) is 0 Å². The van der Waals surface area contributed by atoms with Crippen LogP contribution in [0.3, 0.4) is 0 Å². The van der Waals surface area contributed by atoms with Gasteiger partial charge >= 0.3 is 0 Å². The molecule has 18 heavy (non-hydrogen) atoms. The third-order valence-electron chi connectivity index (χ3n) is 3.63. The van der Waals surface area contributed by atoms with Crippen molar-refractivity contribution >= 4 is 5.69 Å². The quantitative estimate of drug-likeness (QED) is 0.858. The van der Waals surface area contributed by atoms with Crippen LogP contribution < -0.4 is 10.2 Å². The number of anilines is 1. The summed E-state index contributed by atoms with van der Waals surface area (Å²) in [4.78, 5) is 2.32. The first-order valence-electron chi connectivity index (χ1n) is 7.02. The monoisotopic (exact) mass is 246 g/mol. The van der Waals surface area contributed by atoms with Gasteiger partial charge in [0.05, 0.1) is 0 Å². The summed E-state index contributed by atoms with van der Waals surface area (Å²) in [6, 6.07) is 9.78. The Hall–Kier alpha value is -1.02. The molecule has 2 heteroatoms. The summed E-state index contributed by atoms with van der Waals surface area (Å²) < 4.78 is 0. The summed E-state index contributed by atoms with van der Waals surface area (Å²) in [5.74, 6) is 0. The van der Waals surface area contributed by atoms with Crippen molar-refractivity contribution in [1.29, 1.82) is 0 Å². The third kappa shape index (κ3) is 3.74. The van der Waals surface area contributed by atoms with Crippen LogP contribution in [0.15, 0.2) is 24.3 Å². The molecular weight excluding hydrogens is 220 g/mol. The van der Waals surface area contributed by atoms with Crippen molar-refractivity contribution in [2.75, 3.05) is 25.0 Å². The first-order chi connectivity index (χ1) is 8.47. The van der Waals surface area contributed by atoms with Crippen molar-refractivity contribution in [3.8, 4) is 0 Å². The SMILES string of the molecule is CN(CCNC1CC1)c1ccc(C(C)(C)C)cc1. The second-order valence-corrected chi connectivity index (χ2v) is 6.45. The van der Waals surface area contributed by atoms with E-state index in [4.69, 9.17) is 0 Å². The van der Waals surface area contributed by atoms with Gasteiger partial charge in [-0.25, -0.2) is 0 Å². The fourth-order valence-electron chi connectivity index (χ4n) is 2.07. The molecule has 2 rings (SSSR count). The van der Waals surface area contributed by atoms with Gasteiger partial charge in [0, 0.05) is 31.9 Å². The average molecular weight is 246 g/mol. The van der Waals surface area contributed by atoms with Crippen molar-refractivity contribution in [2.24, 2.45) is 0 Å². The number of rotatable bonds is 5. The molecule has 0 radical (unpaired) electrons. The zero-order valence-corrected chi connectivity index (χ0v) is 12.2. The zero-order chi connectivity index (χ0) is 13.2. The number of nitrogens with one attached hydrogen (secondary N) is 1. The van der Waals surface area contributed by atoms with E-state index in [2.05, 4.69) is 62.3 Å². The van der Waals surface area contributed by atoms with E-state index in [1.807, 2.05) is 0 Å². The van der Waals surface area contributed by atoms with Gasteiger partial charge in [-0.05, 0) is 36.0 Å². The number of hydrogen-bond donors (Lipinski definition) is 1. The molecule has 0 saturated heterocycles. The fraction of sp³-hybridized carbons (Fsp3) is 0.625. The molecule has 1 N–H and O–H groups in total. The van der Waals surface area contributed by atoms with Gasteiger partial charge < -0.3 is 10.2 Å². The molecule has 0 spiro atoms. The van der Waals surface area contributed by atoms with Crippen LogP contribution in [0.25, 0.3) is 0 Å². The van der Waals surface area contributed by atoms with Crippen molar-refractivity contribution < 1.29 is 0 Å². The Kier molecular flexibility index (Phi) is 3.96. The lowest BCUT2D eigenvalue weighted by atomic mass is 9.87. The van der Waals surface area contributed by atoms with Crippen LogP contribution >= 0.6 is 0 Å². The lowest BCUT2D eigenvalue weighted by molar-refractivity contribution is 0.590. The molecule has 1 aromatic carbocycles. The van der Waals surface area contributed by atoms with Gasteiger partial charge in [-0.1, -0.05) is 32.9 Å². The molecule has 0 unspecified atom stereocenters. The van der Waals surface area contributed by atoms with Gasteiger partial charge in [0.2, 0.25) is 0 Å². The van der Waals surface area contributed by atoms with Crippen molar-refractivity contribution in [2.45, 2.75) is 45.1 Å². The highest BCUT2D eigenvalue weighted by atomic mass is 15.1. The van der Waals surface area contributed by atoms with Gasteiger partial charge in [0.1, 0.15) is 0 Å². The number of hydrogen-bond acceptors (Lipinski definition) is 2. The minimum absolute atomic E-state index is 0.241. The number of likely N-dealkylation sites (N-methyl/N-ethyl adjacent to an activating group) is 1. The van der Waals surface area contributed by atoms with Gasteiger partial charge in [0.25, 0.3) is 0 Å². The summed E-state index contributed by atoms with van der Waals surface area (Å²) in [7, 11) is 2.17. The minimum atomic E-state index is 0.241. The molecule has 1 saturated carbocycles. The molecule has 0 atom stereocenters. The summed E-state index contributed by atoms with van der Waals surface area (Å²) in [5.41, 5.74) is 2.95. The predicted octanol–water partition coefficient (Wildman–Crippen LogP) is 3.17. The molecular formula is C16H26N2. The Labute approximate surface area is 111 Å². The molecule has 100 valence electrons. The maximum atomic E-state index is 3.55. The molecule has 1 aliphatic carbocycles. The van der Waals surface area contributed by atoms with E-state index in [1.165, 1.54) is 24.1 Å². The topological polar surface area (TPSA) is 15.3 Å². The normalized spacial score (nSPS) is 15.8. The summed E-state index contributed by atoms with van der Waals surface area (Å²) in [5, 5.41) is 3.55. The van der Waals surface area contributed by atoms with E-state index in [9.17, 15) is 0 Å².